The predicted octanol–water partition coefficient (Wildman–Crippen LogP) is 11.5. The van der Waals surface area contributed by atoms with Gasteiger partial charge in [0.05, 0.1) is 28.4 Å². The molecular weight excluding hydrogens is 635 g/mol. The molecule has 242 valence electrons. The Balaban J connectivity index is 1.27. The number of rotatable bonds is 4. The molecule has 0 atom stereocenters. The molecule has 4 nitrogen and oxygen atoms in total. The number of aromatic nitrogens is 2. The third-order valence-electron chi connectivity index (χ3n) is 10.4. The molecule has 0 saturated carbocycles. The summed E-state index contributed by atoms with van der Waals surface area (Å²) in [7, 11) is 0. The standard InChI is InChI=1S/C48H29N3O/c49-30-31-22-24-32(25-23-31)36-16-11-19-41-46(36)37-28-35(43-29-42(33-12-3-1-4-13-33)50-47(51-43)34-14-5-2-6-15-34)26-27-38(37)48(41)39-17-7-9-20-44(39)52-45-21-10-8-18-40(45)48/h1-29H. The highest BCUT2D eigenvalue weighted by atomic mass is 16.5. The van der Waals surface area contributed by atoms with Crippen LogP contribution in [0.5, 0.6) is 11.5 Å². The SMILES string of the molecule is N#Cc1ccc(-c2cccc3c2-c2cc(-c4cc(-c5ccccc5)nc(-c5ccccc5)n4)ccc2C32c3ccccc3Oc3ccccc32)cc1. The Morgan fingerprint density at radius 3 is 1.69 bits per heavy atom. The Hall–Kier alpha value is -7.09. The largest absolute Gasteiger partial charge is 0.457 e. The summed E-state index contributed by atoms with van der Waals surface area (Å²) in [4.78, 5) is 10.2. The number of hydrogen-bond acceptors (Lipinski definition) is 4. The van der Waals surface area contributed by atoms with Crippen LogP contribution in [0.4, 0.5) is 0 Å². The van der Waals surface area contributed by atoms with Gasteiger partial charge in [-0.2, -0.15) is 5.26 Å². The average Bonchev–Trinajstić information content (AvgIpc) is 3.51. The predicted molar refractivity (Wildman–Crippen MR) is 206 cm³/mol. The normalized spacial score (nSPS) is 12.9. The van der Waals surface area contributed by atoms with Gasteiger partial charge < -0.3 is 4.74 Å². The van der Waals surface area contributed by atoms with E-state index in [4.69, 9.17) is 14.7 Å². The van der Waals surface area contributed by atoms with E-state index < -0.39 is 5.41 Å². The van der Waals surface area contributed by atoms with E-state index in [0.29, 0.717) is 11.4 Å². The highest BCUT2D eigenvalue weighted by Crippen LogP contribution is 2.63. The van der Waals surface area contributed by atoms with Crippen molar-refractivity contribution in [2.45, 2.75) is 5.41 Å². The van der Waals surface area contributed by atoms with Gasteiger partial charge in [-0.25, -0.2) is 9.97 Å². The summed E-state index contributed by atoms with van der Waals surface area (Å²) in [6.45, 7) is 0. The molecule has 0 bridgehead atoms. The highest BCUT2D eigenvalue weighted by Gasteiger charge is 2.51. The molecule has 0 N–H and O–H groups in total. The smallest absolute Gasteiger partial charge is 0.160 e. The number of nitriles is 1. The van der Waals surface area contributed by atoms with Gasteiger partial charge in [-0.3, -0.25) is 0 Å². The molecule has 0 amide bonds. The molecule has 0 radical (unpaired) electrons. The van der Waals surface area contributed by atoms with Gasteiger partial charge >= 0.3 is 0 Å². The molecule has 0 fully saturated rings. The van der Waals surface area contributed by atoms with Crippen LogP contribution in [0, 0.1) is 11.3 Å². The fourth-order valence-electron chi connectivity index (χ4n) is 8.15. The molecule has 4 heteroatoms. The summed E-state index contributed by atoms with van der Waals surface area (Å²) in [6.07, 6.45) is 0. The van der Waals surface area contributed by atoms with Crippen LogP contribution < -0.4 is 4.74 Å². The summed E-state index contributed by atoms with van der Waals surface area (Å²) in [5.74, 6) is 2.38. The molecule has 1 spiro atoms. The number of fused-ring (bicyclic) bond motifs is 9. The first-order valence-electron chi connectivity index (χ1n) is 17.4. The lowest BCUT2D eigenvalue weighted by Crippen LogP contribution is -2.32. The van der Waals surface area contributed by atoms with Crippen LogP contribution in [0.3, 0.4) is 0 Å². The molecule has 1 aromatic heterocycles. The van der Waals surface area contributed by atoms with Crippen LogP contribution in [-0.2, 0) is 5.41 Å². The Kier molecular flexibility index (Phi) is 6.74. The molecule has 52 heavy (non-hydrogen) atoms. The molecule has 0 unspecified atom stereocenters. The van der Waals surface area contributed by atoms with Crippen molar-refractivity contribution in [2.24, 2.45) is 0 Å². The van der Waals surface area contributed by atoms with Crippen LogP contribution in [0.2, 0.25) is 0 Å². The van der Waals surface area contributed by atoms with Crippen molar-refractivity contribution in [1.82, 2.24) is 9.97 Å². The minimum Gasteiger partial charge on any atom is -0.457 e. The zero-order valence-corrected chi connectivity index (χ0v) is 28.0. The number of hydrogen-bond donors (Lipinski definition) is 0. The second-order valence-electron chi connectivity index (χ2n) is 13.2. The van der Waals surface area contributed by atoms with E-state index in [0.717, 1.165) is 73.0 Å². The zero-order chi connectivity index (χ0) is 34.6. The zero-order valence-electron chi connectivity index (χ0n) is 28.0. The van der Waals surface area contributed by atoms with E-state index in [9.17, 15) is 5.26 Å². The monoisotopic (exact) mass is 663 g/mol. The number of nitrogens with zero attached hydrogens (tertiary/aromatic N) is 3. The van der Waals surface area contributed by atoms with E-state index in [1.165, 1.54) is 11.1 Å². The van der Waals surface area contributed by atoms with Crippen molar-refractivity contribution >= 4 is 0 Å². The lowest BCUT2D eigenvalue weighted by Gasteiger charge is -2.39. The van der Waals surface area contributed by atoms with E-state index in [2.05, 4.69) is 121 Å². The molecule has 2 heterocycles. The lowest BCUT2D eigenvalue weighted by atomic mass is 9.66. The summed E-state index contributed by atoms with van der Waals surface area (Å²) in [5, 5.41) is 9.59. The number of benzene rings is 7. The first-order chi connectivity index (χ1) is 25.7. The minimum atomic E-state index is -0.618. The quantitative estimate of drug-likeness (QED) is 0.188. The van der Waals surface area contributed by atoms with Crippen molar-refractivity contribution in [3.8, 4) is 73.7 Å². The maximum Gasteiger partial charge on any atom is 0.160 e. The molecule has 1 aliphatic heterocycles. The number of para-hydroxylation sites is 2. The van der Waals surface area contributed by atoms with E-state index in [1.807, 2.05) is 60.7 Å². The van der Waals surface area contributed by atoms with Gasteiger partial charge in [-0.05, 0) is 69.8 Å². The fourth-order valence-corrected chi connectivity index (χ4v) is 8.15. The van der Waals surface area contributed by atoms with Crippen LogP contribution in [-0.4, -0.2) is 9.97 Å². The summed E-state index contributed by atoms with van der Waals surface area (Å²) in [6, 6.07) is 63.0. The molecule has 10 rings (SSSR count). The maximum atomic E-state index is 9.59. The van der Waals surface area contributed by atoms with Crippen LogP contribution in [0.25, 0.3) is 56.2 Å². The van der Waals surface area contributed by atoms with Gasteiger partial charge in [-0.1, -0.05) is 140 Å². The van der Waals surface area contributed by atoms with Crippen LogP contribution in [0.15, 0.2) is 176 Å². The van der Waals surface area contributed by atoms with Crippen molar-refractivity contribution in [3.05, 3.63) is 204 Å². The first-order valence-corrected chi connectivity index (χ1v) is 17.4. The molecule has 7 aromatic carbocycles. The average molecular weight is 664 g/mol. The second kappa shape index (κ2) is 11.8. The van der Waals surface area contributed by atoms with E-state index in [-0.39, 0.29) is 0 Å². The van der Waals surface area contributed by atoms with Gasteiger partial charge in [0.2, 0.25) is 0 Å². The minimum absolute atomic E-state index is 0.618. The third-order valence-corrected chi connectivity index (χ3v) is 10.4. The van der Waals surface area contributed by atoms with Gasteiger partial charge in [0.15, 0.2) is 5.82 Å². The Bertz CT molecular complexity index is 2610. The lowest BCUT2D eigenvalue weighted by molar-refractivity contribution is 0.436. The molecule has 8 aromatic rings. The van der Waals surface area contributed by atoms with Crippen molar-refractivity contribution in [3.63, 3.8) is 0 Å². The van der Waals surface area contributed by atoms with Gasteiger partial charge in [0.1, 0.15) is 11.5 Å². The fraction of sp³-hybridized carbons (Fsp3) is 0.0208. The van der Waals surface area contributed by atoms with Crippen molar-refractivity contribution in [1.29, 1.82) is 5.26 Å². The van der Waals surface area contributed by atoms with E-state index in [1.54, 1.807) is 0 Å². The third kappa shape index (κ3) is 4.47. The molecule has 2 aliphatic rings. The van der Waals surface area contributed by atoms with E-state index >= 15 is 0 Å². The van der Waals surface area contributed by atoms with Crippen molar-refractivity contribution < 1.29 is 4.74 Å². The molecular formula is C48H29N3O. The first kappa shape index (κ1) is 29.8. The molecule has 1 aliphatic carbocycles. The summed E-state index contributed by atoms with van der Waals surface area (Å²) in [5.41, 5.74) is 13.8. The van der Waals surface area contributed by atoms with Gasteiger partial charge in [0, 0.05) is 27.8 Å². The van der Waals surface area contributed by atoms with Crippen LogP contribution >= 0.6 is 0 Å². The Morgan fingerprint density at radius 2 is 1.02 bits per heavy atom. The molecule has 0 saturated heterocycles. The summed E-state index contributed by atoms with van der Waals surface area (Å²) < 4.78 is 6.59. The highest BCUT2D eigenvalue weighted by molar-refractivity contribution is 5.98. The van der Waals surface area contributed by atoms with Gasteiger partial charge in [-0.15, -0.1) is 0 Å². The number of ether oxygens (including phenoxy) is 1. The Labute approximate surface area is 301 Å². The van der Waals surface area contributed by atoms with Crippen LogP contribution in [0.1, 0.15) is 27.8 Å². The Morgan fingerprint density at radius 1 is 0.442 bits per heavy atom. The van der Waals surface area contributed by atoms with Gasteiger partial charge in [0.25, 0.3) is 0 Å². The topological polar surface area (TPSA) is 58.8 Å². The maximum absolute atomic E-state index is 9.59. The summed E-state index contributed by atoms with van der Waals surface area (Å²) >= 11 is 0. The van der Waals surface area contributed by atoms with Crippen molar-refractivity contribution in [2.75, 3.05) is 0 Å². The second-order valence-corrected chi connectivity index (χ2v) is 13.2.